The minimum Gasteiger partial charge on any atom is -0.361 e. The third-order valence-corrected chi connectivity index (χ3v) is 6.54. The van der Waals surface area contributed by atoms with Gasteiger partial charge in [0, 0.05) is 62.5 Å². The standard InChI is InChI=1S/C22H27N3O4/c26-20-13-17(21(27)24-9-6-22(7-10-24)28-11-12-29-22)15-25(20)8-5-16-14-23-19-4-2-1-3-18(16)19/h1-4,14,17,23H,5-13,15H2. The quantitative estimate of drug-likeness (QED) is 0.855. The Morgan fingerprint density at radius 3 is 2.72 bits per heavy atom. The molecule has 7 heteroatoms. The van der Waals surface area contributed by atoms with Crippen LogP contribution in [0.5, 0.6) is 0 Å². The van der Waals surface area contributed by atoms with E-state index in [0.717, 1.165) is 11.9 Å². The van der Waals surface area contributed by atoms with Crippen LogP contribution in [0.25, 0.3) is 10.9 Å². The van der Waals surface area contributed by atoms with E-state index in [-0.39, 0.29) is 17.7 Å². The first-order chi connectivity index (χ1) is 14.1. The maximum Gasteiger partial charge on any atom is 0.228 e. The molecule has 5 rings (SSSR count). The summed E-state index contributed by atoms with van der Waals surface area (Å²) in [5, 5.41) is 1.20. The lowest BCUT2D eigenvalue weighted by Crippen LogP contribution is -2.49. The topological polar surface area (TPSA) is 74.9 Å². The lowest BCUT2D eigenvalue weighted by Gasteiger charge is -2.38. The second-order valence-corrected chi connectivity index (χ2v) is 8.28. The van der Waals surface area contributed by atoms with Crippen molar-refractivity contribution in [2.45, 2.75) is 31.5 Å². The number of fused-ring (bicyclic) bond motifs is 1. The van der Waals surface area contributed by atoms with E-state index < -0.39 is 5.79 Å². The van der Waals surface area contributed by atoms with Gasteiger partial charge in [-0.25, -0.2) is 0 Å². The van der Waals surface area contributed by atoms with E-state index in [4.69, 9.17) is 9.47 Å². The monoisotopic (exact) mass is 397 g/mol. The lowest BCUT2D eigenvalue weighted by molar-refractivity contribution is -0.188. The number of amides is 2. The highest BCUT2D eigenvalue weighted by molar-refractivity contribution is 5.89. The second kappa shape index (κ2) is 7.46. The van der Waals surface area contributed by atoms with Crippen molar-refractivity contribution < 1.29 is 19.1 Å². The Bertz CT molecular complexity index is 908. The molecular formula is C22H27N3O4. The Hall–Kier alpha value is -2.38. The fourth-order valence-electron chi connectivity index (χ4n) is 4.86. The zero-order valence-corrected chi connectivity index (χ0v) is 16.6. The predicted molar refractivity (Wildman–Crippen MR) is 107 cm³/mol. The first-order valence-corrected chi connectivity index (χ1v) is 10.5. The van der Waals surface area contributed by atoms with Crippen LogP contribution in [-0.2, 0) is 25.5 Å². The molecule has 3 aliphatic heterocycles. The molecule has 0 saturated carbocycles. The number of nitrogens with zero attached hydrogens (tertiary/aromatic N) is 2. The first kappa shape index (κ1) is 18.6. The third kappa shape index (κ3) is 3.53. The van der Waals surface area contributed by atoms with Gasteiger partial charge in [-0.3, -0.25) is 9.59 Å². The molecule has 1 atom stereocenters. The number of ether oxygens (including phenoxy) is 2. The molecule has 1 spiro atoms. The number of benzene rings is 1. The van der Waals surface area contributed by atoms with Crippen LogP contribution < -0.4 is 0 Å². The molecule has 0 radical (unpaired) electrons. The van der Waals surface area contributed by atoms with E-state index >= 15 is 0 Å². The summed E-state index contributed by atoms with van der Waals surface area (Å²) in [6.07, 6.45) is 4.55. The molecule has 2 amide bonds. The number of piperidine rings is 1. The highest BCUT2D eigenvalue weighted by Crippen LogP contribution is 2.32. The second-order valence-electron chi connectivity index (χ2n) is 8.28. The molecule has 3 saturated heterocycles. The Morgan fingerprint density at radius 1 is 1.17 bits per heavy atom. The first-order valence-electron chi connectivity index (χ1n) is 10.5. The van der Waals surface area contributed by atoms with Gasteiger partial charge in [-0.1, -0.05) is 18.2 Å². The molecule has 0 bridgehead atoms. The van der Waals surface area contributed by atoms with E-state index in [1.54, 1.807) is 0 Å². The molecule has 0 aliphatic carbocycles. The van der Waals surface area contributed by atoms with Gasteiger partial charge < -0.3 is 24.3 Å². The van der Waals surface area contributed by atoms with Crippen molar-refractivity contribution in [2.24, 2.45) is 5.92 Å². The zero-order valence-electron chi connectivity index (χ0n) is 16.6. The van der Waals surface area contributed by atoms with Gasteiger partial charge in [0.2, 0.25) is 11.8 Å². The van der Waals surface area contributed by atoms with E-state index in [0.29, 0.717) is 58.7 Å². The van der Waals surface area contributed by atoms with Crippen LogP contribution in [0.2, 0.25) is 0 Å². The summed E-state index contributed by atoms with van der Waals surface area (Å²) in [4.78, 5) is 32.5. The molecule has 29 heavy (non-hydrogen) atoms. The number of likely N-dealkylation sites (tertiary alicyclic amines) is 2. The van der Waals surface area contributed by atoms with Gasteiger partial charge >= 0.3 is 0 Å². The number of aromatic amines is 1. The van der Waals surface area contributed by atoms with Gasteiger partial charge in [0.1, 0.15) is 0 Å². The Kier molecular flexibility index (Phi) is 4.80. The van der Waals surface area contributed by atoms with Crippen LogP contribution in [0.1, 0.15) is 24.8 Å². The smallest absolute Gasteiger partial charge is 0.228 e. The van der Waals surface area contributed by atoms with Gasteiger partial charge in [0.25, 0.3) is 0 Å². The summed E-state index contributed by atoms with van der Waals surface area (Å²) in [5.41, 5.74) is 2.32. The van der Waals surface area contributed by atoms with Gasteiger partial charge in [-0.15, -0.1) is 0 Å². The molecule has 7 nitrogen and oxygen atoms in total. The Balaban J connectivity index is 1.16. The summed E-state index contributed by atoms with van der Waals surface area (Å²) in [5.74, 6) is -0.530. The molecule has 3 aliphatic rings. The van der Waals surface area contributed by atoms with Gasteiger partial charge in [-0.2, -0.15) is 0 Å². The van der Waals surface area contributed by atoms with Crippen LogP contribution in [0.3, 0.4) is 0 Å². The highest BCUT2D eigenvalue weighted by atomic mass is 16.7. The normalized spacial score (nSPS) is 24.1. The fraction of sp³-hybridized carbons (Fsp3) is 0.545. The van der Waals surface area contributed by atoms with Crippen LogP contribution in [0, 0.1) is 5.92 Å². The van der Waals surface area contributed by atoms with Gasteiger partial charge in [0.05, 0.1) is 19.1 Å². The van der Waals surface area contributed by atoms with Crippen molar-refractivity contribution in [1.29, 1.82) is 0 Å². The van der Waals surface area contributed by atoms with Crippen molar-refractivity contribution in [3.63, 3.8) is 0 Å². The summed E-state index contributed by atoms with van der Waals surface area (Å²) in [6.45, 7) is 3.72. The molecule has 1 N–H and O–H groups in total. The molecule has 3 fully saturated rings. The molecule has 1 aromatic heterocycles. The highest BCUT2D eigenvalue weighted by Gasteiger charge is 2.43. The molecule has 4 heterocycles. The van der Waals surface area contributed by atoms with Crippen LogP contribution >= 0.6 is 0 Å². The minimum atomic E-state index is -0.479. The number of para-hydroxylation sites is 1. The Labute approximate surface area is 169 Å². The van der Waals surface area contributed by atoms with Crippen LogP contribution in [-0.4, -0.2) is 71.8 Å². The SMILES string of the molecule is O=C1CC(C(=O)N2CCC3(CC2)OCCO3)CN1CCc1c[nH]c2ccccc12. The van der Waals surface area contributed by atoms with Crippen molar-refractivity contribution in [3.05, 3.63) is 36.0 Å². The van der Waals surface area contributed by atoms with Gasteiger partial charge in [0.15, 0.2) is 5.79 Å². The third-order valence-electron chi connectivity index (χ3n) is 6.54. The number of hydrogen-bond acceptors (Lipinski definition) is 4. The molecule has 154 valence electrons. The van der Waals surface area contributed by atoms with E-state index in [1.165, 1.54) is 10.9 Å². The number of aromatic nitrogens is 1. The number of H-pyrrole nitrogens is 1. The van der Waals surface area contributed by atoms with E-state index in [2.05, 4.69) is 17.1 Å². The van der Waals surface area contributed by atoms with Crippen LogP contribution in [0.4, 0.5) is 0 Å². The zero-order chi connectivity index (χ0) is 19.8. The number of hydrogen-bond donors (Lipinski definition) is 1. The maximum atomic E-state index is 13.0. The molecule has 1 aromatic carbocycles. The molecular weight excluding hydrogens is 370 g/mol. The number of carbonyl (C=O) groups excluding carboxylic acids is 2. The van der Waals surface area contributed by atoms with E-state index in [9.17, 15) is 9.59 Å². The minimum absolute atomic E-state index is 0.0825. The average molecular weight is 397 g/mol. The van der Waals surface area contributed by atoms with Crippen molar-refractivity contribution in [1.82, 2.24) is 14.8 Å². The number of rotatable bonds is 4. The summed E-state index contributed by atoms with van der Waals surface area (Å²) < 4.78 is 11.5. The number of carbonyl (C=O) groups is 2. The molecule has 2 aromatic rings. The van der Waals surface area contributed by atoms with Crippen molar-refractivity contribution in [3.8, 4) is 0 Å². The maximum absolute atomic E-state index is 13.0. The summed E-state index contributed by atoms with van der Waals surface area (Å²) >= 11 is 0. The molecule has 1 unspecified atom stereocenters. The lowest BCUT2D eigenvalue weighted by atomic mass is 10.0. The average Bonchev–Trinajstić information content (AvgIpc) is 3.46. The van der Waals surface area contributed by atoms with E-state index in [1.807, 2.05) is 28.1 Å². The summed E-state index contributed by atoms with van der Waals surface area (Å²) in [6, 6.07) is 8.19. The Morgan fingerprint density at radius 2 is 1.93 bits per heavy atom. The van der Waals surface area contributed by atoms with Crippen molar-refractivity contribution >= 4 is 22.7 Å². The number of nitrogens with one attached hydrogen (secondary N) is 1. The fourth-order valence-corrected chi connectivity index (χ4v) is 4.86. The summed E-state index contributed by atoms with van der Waals surface area (Å²) in [7, 11) is 0. The van der Waals surface area contributed by atoms with Gasteiger partial charge in [-0.05, 0) is 18.1 Å². The van der Waals surface area contributed by atoms with Crippen LogP contribution in [0.15, 0.2) is 30.5 Å². The predicted octanol–water partition coefficient (Wildman–Crippen LogP) is 1.92. The largest absolute Gasteiger partial charge is 0.361 e. The van der Waals surface area contributed by atoms with Crippen molar-refractivity contribution in [2.75, 3.05) is 39.4 Å².